The molecule has 0 unspecified atom stereocenters. The van der Waals surface area contributed by atoms with E-state index in [0.717, 1.165) is 28.5 Å². The Labute approximate surface area is 169 Å². The first-order valence-corrected chi connectivity index (χ1v) is 9.54. The molecule has 4 aromatic rings. The molecule has 29 heavy (non-hydrogen) atoms. The Morgan fingerprint density at radius 2 is 1.79 bits per heavy atom. The Balaban J connectivity index is 1.52. The molecule has 1 amide bonds. The number of carbonyl (C=O) groups is 1. The molecular formula is C22H24N6O. The van der Waals surface area contributed by atoms with Crippen LogP contribution in [0.3, 0.4) is 0 Å². The summed E-state index contributed by atoms with van der Waals surface area (Å²) in [6.45, 7) is 5.99. The fourth-order valence-corrected chi connectivity index (χ4v) is 3.53. The summed E-state index contributed by atoms with van der Waals surface area (Å²) in [6, 6.07) is 13.8. The van der Waals surface area contributed by atoms with Crippen LogP contribution < -0.4 is 5.32 Å². The van der Waals surface area contributed by atoms with Crippen molar-refractivity contribution in [1.29, 1.82) is 0 Å². The van der Waals surface area contributed by atoms with Crippen LogP contribution >= 0.6 is 0 Å². The van der Waals surface area contributed by atoms with Gasteiger partial charge in [0.15, 0.2) is 0 Å². The number of rotatable bonds is 5. The van der Waals surface area contributed by atoms with Crippen molar-refractivity contribution < 1.29 is 4.79 Å². The predicted molar refractivity (Wildman–Crippen MR) is 111 cm³/mol. The van der Waals surface area contributed by atoms with Gasteiger partial charge in [0.1, 0.15) is 11.4 Å². The maximum Gasteiger partial charge on any atom is 0.257 e. The van der Waals surface area contributed by atoms with E-state index in [0.29, 0.717) is 5.56 Å². The second-order valence-electron chi connectivity index (χ2n) is 7.22. The number of nitrogens with zero attached hydrogens (tertiary/aromatic N) is 5. The van der Waals surface area contributed by atoms with Crippen LogP contribution in [-0.2, 0) is 7.05 Å². The molecule has 1 aromatic carbocycles. The van der Waals surface area contributed by atoms with Gasteiger partial charge in [-0.15, -0.1) is 0 Å². The largest absolute Gasteiger partial charge is 0.345 e. The van der Waals surface area contributed by atoms with Crippen molar-refractivity contribution in [2.45, 2.75) is 26.8 Å². The molecule has 0 aliphatic rings. The lowest BCUT2D eigenvalue weighted by atomic mass is 10.1. The minimum Gasteiger partial charge on any atom is -0.345 e. The summed E-state index contributed by atoms with van der Waals surface area (Å²) in [5, 5.41) is 11.8. The second-order valence-corrected chi connectivity index (χ2v) is 7.22. The van der Waals surface area contributed by atoms with E-state index in [2.05, 4.69) is 15.5 Å². The third-order valence-corrected chi connectivity index (χ3v) is 5.00. The van der Waals surface area contributed by atoms with Crippen LogP contribution in [0.25, 0.3) is 11.5 Å². The lowest BCUT2D eigenvalue weighted by Crippen LogP contribution is -2.27. The van der Waals surface area contributed by atoms with Gasteiger partial charge in [-0.2, -0.15) is 10.2 Å². The molecule has 7 nitrogen and oxygen atoms in total. The maximum absolute atomic E-state index is 12.9. The molecule has 0 saturated heterocycles. The third kappa shape index (κ3) is 3.59. The van der Waals surface area contributed by atoms with Crippen molar-refractivity contribution in [2.24, 2.45) is 7.05 Å². The number of aromatic nitrogens is 5. The summed E-state index contributed by atoms with van der Waals surface area (Å²) < 4.78 is 5.50. The number of amides is 1. The van der Waals surface area contributed by atoms with E-state index in [1.807, 2.05) is 91.9 Å². The first-order valence-electron chi connectivity index (χ1n) is 9.54. The van der Waals surface area contributed by atoms with Crippen molar-refractivity contribution >= 4 is 5.91 Å². The molecule has 0 bridgehead atoms. The molecule has 0 spiro atoms. The first-order chi connectivity index (χ1) is 13.9. The summed E-state index contributed by atoms with van der Waals surface area (Å²) in [5.41, 5.74) is 4.64. The number of carbonyl (C=O) groups excluding carboxylic acids is 1. The standard InChI is InChI=1S/C22H24N6O/c1-15-13-16(2)28(25-15)19-9-7-18(8-10-19)17(3)24-21(29)20-14-23-26(4)22(20)27-11-5-6-12-27/h5-14,17H,1-4H3,(H,24,29)/t17-/m0/s1. The zero-order valence-electron chi connectivity index (χ0n) is 17.0. The van der Waals surface area contributed by atoms with Crippen molar-refractivity contribution in [3.8, 4) is 11.5 Å². The zero-order valence-corrected chi connectivity index (χ0v) is 17.0. The fraction of sp³-hybridized carbons (Fsp3) is 0.227. The highest BCUT2D eigenvalue weighted by atomic mass is 16.1. The first kappa shape index (κ1) is 18.7. The van der Waals surface area contributed by atoms with Crippen LogP contribution in [-0.4, -0.2) is 30.0 Å². The molecular weight excluding hydrogens is 364 g/mol. The van der Waals surface area contributed by atoms with Crippen molar-refractivity contribution in [1.82, 2.24) is 29.4 Å². The van der Waals surface area contributed by atoms with E-state index in [9.17, 15) is 4.79 Å². The van der Waals surface area contributed by atoms with Gasteiger partial charge in [0.05, 0.1) is 23.6 Å². The number of aryl methyl sites for hydroxylation is 3. The summed E-state index contributed by atoms with van der Waals surface area (Å²) >= 11 is 0. The molecule has 3 aromatic heterocycles. The van der Waals surface area contributed by atoms with Crippen molar-refractivity contribution in [3.63, 3.8) is 0 Å². The third-order valence-electron chi connectivity index (χ3n) is 5.00. The molecule has 3 heterocycles. The second kappa shape index (κ2) is 7.43. The van der Waals surface area contributed by atoms with Gasteiger partial charge in [0.25, 0.3) is 5.91 Å². The van der Waals surface area contributed by atoms with Crippen molar-refractivity contribution in [3.05, 3.63) is 83.6 Å². The molecule has 0 fully saturated rings. The average molecular weight is 388 g/mol. The Morgan fingerprint density at radius 3 is 2.41 bits per heavy atom. The van der Waals surface area contributed by atoms with Gasteiger partial charge in [0.2, 0.25) is 0 Å². The van der Waals surface area contributed by atoms with E-state index in [-0.39, 0.29) is 11.9 Å². The number of nitrogens with one attached hydrogen (secondary N) is 1. The van der Waals surface area contributed by atoms with Gasteiger partial charge < -0.3 is 9.88 Å². The smallest absolute Gasteiger partial charge is 0.257 e. The van der Waals surface area contributed by atoms with E-state index in [1.54, 1.807) is 10.9 Å². The molecule has 7 heteroatoms. The van der Waals surface area contributed by atoms with Gasteiger partial charge in [0, 0.05) is 25.1 Å². The summed E-state index contributed by atoms with van der Waals surface area (Å²) in [5.74, 6) is 0.580. The fourth-order valence-electron chi connectivity index (χ4n) is 3.53. The van der Waals surface area contributed by atoms with Crippen LogP contribution in [0.1, 0.15) is 40.3 Å². The average Bonchev–Trinajstić information content (AvgIpc) is 3.42. The molecule has 1 atom stereocenters. The molecule has 4 rings (SSSR count). The molecule has 0 radical (unpaired) electrons. The van der Waals surface area contributed by atoms with E-state index in [1.165, 1.54) is 0 Å². The Morgan fingerprint density at radius 1 is 1.10 bits per heavy atom. The topological polar surface area (TPSA) is 69.7 Å². The van der Waals surface area contributed by atoms with E-state index in [4.69, 9.17) is 0 Å². The highest BCUT2D eigenvalue weighted by Gasteiger charge is 2.19. The van der Waals surface area contributed by atoms with Crippen LogP contribution in [0, 0.1) is 13.8 Å². The SMILES string of the molecule is Cc1cc(C)n(-c2ccc([C@H](C)NC(=O)c3cnn(C)c3-n3cccc3)cc2)n1. The summed E-state index contributed by atoms with van der Waals surface area (Å²) in [7, 11) is 1.83. The summed E-state index contributed by atoms with van der Waals surface area (Å²) in [6.07, 6.45) is 5.40. The number of hydrogen-bond donors (Lipinski definition) is 1. The minimum atomic E-state index is -0.156. The molecule has 148 valence electrons. The highest BCUT2D eigenvalue weighted by Crippen LogP contribution is 2.19. The lowest BCUT2D eigenvalue weighted by Gasteiger charge is -2.16. The molecule has 1 N–H and O–H groups in total. The molecule has 0 aliphatic heterocycles. The normalized spacial score (nSPS) is 12.1. The van der Waals surface area contributed by atoms with Gasteiger partial charge in [-0.05, 0) is 56.7 Å². The van der Waals surface area contributed by atoms with Gasteiger partial charge >= 0.3 is 0 Å². The maximum atomic E-state index is 12.9. The van der Waals surface area contributed by atoms with Gasteiger partial charge in [-0.3, -0.25) is 9.48 Å². The molecule has 0 aliphatic carbocycles. The van der Waals surface area contributed by atoms with Gasteiger partial charge in [-0.25, -0.2) is 4.68 Å². The minimum absolute atomic E-state index is 0.144. The van der Waals surface area contributed by atoms with Crippen LogP contribution in [0.15, 0.2) is 61.1 Å². The quantitative estimate of drug-likeness (QED) is 0.569. The Kier molecular flexibility index (Phi) is 4.80. The summed E-state index contributed by atoms with van der Waals surface area (Å²) in [4.78, 5) is 12.9. The Hall–Kier alpha value is -3.61. The Bertz CT molecular complexity index is 1130. The number of benzene rings is 1. The predicted octanol–water partition coefficient (Wildman–Crippen LogP) is 3.50. The van der Waals surface area contributed by atoms with E-state index >= 15 is 0 Å². The van der Waals surface area contributed by atoms with E-state index < -0.39 is 0 Å². The van der Waals surface area contributed by atoms with Gasteiger partial charge in [-0.1, -0.05) is 12.1 Å². The lowest BCUT2D eigenvalue weighted by molar-refractivity contribution is 0.0940. The number of hydrogen-bond acceptors (Lipinski definition) is 3. The van der Waals surface area contributed by atoms with Crippen LogP contribution in [0.5, 0.6) is 0 Å². The monoisotopic (exact) mass is 388 g/mol. The highest BCUT2D eigenvalue weighted by molar-refractivity contribution is 5.97. The van der Waals surface area contributed by atoms with Crippen LogP contribution in [0.4, 0.5) is 0 Å². The van der Waals surface area contributed by atoms with Crippen molar-refractivity contribution in [2.75, 3.05) is 0 Å². The molecule has 0 saturated carbocycles. The van der Waals surface area contributed by atoms with Crippen LogP contribution in [0.2, 0.25) is 0 Å². The zero-order chi connectivity index (χ0) is 20.5.